The van der Waals surface area contributed by atoms with Gasteiger partial charge in [-0.25, -0.2) is 4.68 Å². The van der Waals surface area contributed by atoms with Crippen LogP contribution in [0.4, 0.5) is 0 Å². The van der Waals surface area contributed by atoms with Crippen molar-refractivity contribution in [3.05, 3.63) is 11.3 Å². The maximum atomic E-state index is 9.16. The molecule has 1 fully saturated rings. The summed E-state index contributed by atoms with van der Waals surface area (Å²) in [6.07, 6.45) is 3.62. The van der Waals surface area contributed by atoms with Crippen LogP contribution in [0.1, 0.15) is 44.4 Å². The van der Waals surface area contributed by atoms with E-state index >= 15 is 0 Å². The van der Waals surface area contributed by atoms with E-state index in [9.17, 15) is 0 Å². The molecule has 1 aliphatic rings. The summed E-state index contributed by atoms with van der Waals surface area (Å²) < 4.78 is 7.73. The second kappa shape index (κ2) is 5.01. The number of aryl methyl sites for hydroxylation is 2. The first-order chi connectivity index (χ1) is 8.51. The van der Waals surface area contributed by atoms with Gasteiger partial charge in [0.05, 0.1) is 5.69 Å². The number of nitriles is 1. The summed E-state index contributed by atoms with van der Waals surface area (Å²) in [4.78, 5) is 0. The summed E-state index contributed by atoms with van der Waals surface area (Å²) in [6, 6.07) is 2.19. The molecule has 0 aliphatic heterocycles. The third-order valence-electron chi connectivity index (χ3n) is 3.69. The predicted octanol–water partition coefficient (Wildman–Crippen LogP) is 2.80. The summed E-state index contributed by atoms with van der Waals surface area (Å²) in [5.41, 5.74) is 1.32. The van der Waals surface area contributed by atoms with Crippen LogP contribution in [0.2, 0.25) is 0 Å². The van der Waals surface area contributed by atoms with E-state index in [-0.39, 0.29) is 6.10 Å². The number of nitrogens with zero attached hydrogens (tertiary/aromatic N) is 3. The molecule has 1 saturated carbocycles. The van der Waals surface area contributed by atoms with E-state index in [4.69, 9.17) is 10.00 Å². The molecule has 1 aliphatic carbocycles. The van der Waals surface area contributed by atoms with Crippen molar-refractivity contribution in [1.82, 2.24) is 9.78 Å². The Morgan fingerprint density at radius 2 is 1.89 bits per heavy atom. The van der Waals surface area contributed by atoms with Crippen molar-refractivity contribution in [1.29, 1.82) is 5.26 Å². The Bertz CT molecular complexity index is 462. The Balaban J connectivity index is 2.17. The molecule has 1 aromatic rings. The second-order valence-electron chi connectivity index (χ2n) is 5.66. The van der Waals surface area contributed by atoms with E-state index in [0.717, 1.165) is 18.5 Å². The molecule has 2 atom stereocenters. The monoisotopic (exact) mass is 247 g/mol. The van der Waals surface area contributed by atoms with Gasteiger partial charge in [-0.2, -0.15) is 10.4 Å². The summed E-state index contributed by atoms with van der Waals surface area (Å²) in [5.74, 6) is 2.01. The van der Waals surface area contributed by atoms with E-state index < -0.39 is 0 Å². The average Bonchev–Trinajstić information content (AvgIpc) is 2.52. The van der Waals surface area contributed by atoms with Crippen LogP contribution in [-0.4, -0.2) is 15.9 Å². The van der Waals surface area contributed by atoms with E-state index in [0.29, 0.717) is 23.3 Å². The normalized spacial score (nSPS) is 27.8. The number of hydrogen-bond acceptors (Lipinski definition) is 3. The van der Waals surface area contributed by atoms with Gasteiger partial charge >= 0.3 is 0 Å². The summed E-state index contributed by atoms with van der Waals surface area (Å²) in [6.45, 7) is 6.38. The zero-order valence-electron chi connectivity index (χ0n) is 11.6. The second-order valence-corrected chi connectivity index (χ2v) is 5.66. The van der Waals surface area contributed by atoms with Crippen molar-refractivity contribution in [2.75, 3.05) is 0 Å². The highest BCUT2D eigenvalue weighted by atomic mass is 16.5. The van der Waals surface area contributed by atoms with E-state index in [1.807, 2.05) is 14.0 Å². The minimum absolute atomic E-state index is 0.214. The molecule has 1 aromatic heterocycles. The highest BCUT2D eigenvalue weighted by Crippen LogP contribution is 2.32. The van der Waals surface area contributed by atoms with Gasteiger partial charge in [-0.05, 0) is 38.0 Å². The Kier molecular flexibility index (Phi) is 3.60. The number of ether oxygens (including phenoxy) is 1. The fraction of sp³-hybridized carbons (Fsp3) is 0.714. The van der Waals surface area contributed by atoms with Crippen molar-refractivity contribution in [2.45, 2.75) is 46.1 Å². The summed E-state index contributed by atoms with van der Waals surface area (Å²) >= 11 is 0. The molecule has 4 nitrogen and oxygen atoms in total. The Morgan fingerprint density at radius 3 is 2.44 bits per heavy atom. The molecule has 98 valence electrons. The largest absolute Gasteiger partial charge is 0.474 e. The number of rotatable bonds is 2. The van der Waals surface area contributed by atoms with Gasteiger partial charge in [0.15, 0.2) is 0 Å². The van der Waals surface area contributed by atoms with Crippen molar-refractivity contribution >= 4 is 0 Å². The van der Waals surface area contributed by atoms with Gasteiger partial charge in [0.25, 0.3) is 0 Å². The third kappa shape index (κ3) is 2.50. The fourth-order valence-corrected chi connectivity index (χ4v) is 3.03. The first-order valence-electron chi connectivity index (χ1n) is 6.61. The Hall–Kier alpha value is -1.50. The molecule has 0 spiro atoms. The van der Waals surface area contributed by atoms with Gasteiger partial charge in [0.1, 0.15) is 17.7 Å². The van der Waals surface area contributed by atoms with E-state index in [1.54, 1.807) is 4.68 Å². The van der Waals surface area contributed by atoms with Crippen LogP contribution in [0.3, 0.4) is 0 Å². The molecule has 2 unspecified atom stereocenters. The number of aromatic nitrogens is 2. The van der Waals surface area contributed by atoms with Crippen LogP contribution in [0, 0.1) is 30.1 Å². The zero-order valence-corrected chi connectivity index (χ0v) is 11.6. The van der Waals surface area contributed by atoms with Gasteiger partial charge in [0, 0.05) is 7.05 Å². The Morgan fingerprint density at radius 1 is 1.28 bits per heavy atom. The molecule has 0 N–H and O–H groups in total. The lowest BCUT2D eigenvalue weighted by Gasteiger charge is -2.31. The van der Waals surface area contributed by atoms with Crippen LogP contribution in [0.5, 0.6) is 5.88 Å². The van der Waals surface area contributed by atoms with Crippen LogP contribution >= 0.6 is 0 Å². The maximum Gasteiger partial charge on any atom is 0.230 e. The topological polar surface area (TPSA) is 50.8 Å². The van der Waals surface area contributed by atoms with Crippen LogP contribution in [0.15, 0.2) is 0 Å². The molecule has 18 heavy (non-hydrogen) atoms. The van der Waals surface area contributed by atoms with Crippen LogP contribution < -0.4 is 4.74 Å². The lowest BCUT2D eigenvalue weighted by atomic mass is 9.82. The van der Waals surface area contributed by atoms with E-state index in [2.05, 4.69) is 25.0 Å². The molecule has 0 bridgehead atoms. The lowest BCUT2D eigenvalue weighted by molar-refractivity contribution is 0.0922. The molecule has 1 heterocycles. The molecule has 0 aromatic carbocycles. The van der Waals surface area contributed by atoms with Gasteiger partial charge in [0.2, 0.25) is 5.88 Å². The van der Waals surface area contributed by atoms with Gasteiger partial charge in [-0.15, -0.1) is 0 Å². The molecule has 4 heteroatoms. The smallest absolute Gasteiger partial charge is 0.230 e. The molecular weight excluding hydrogens is 226 g/mol. The first-order valence-corrected chi connectivity index (χ1v) is 6.61. The minimum atomic E-state index is 0.214. The van der Waals surface area contributed by atoms with Crippen molar-refractivity contribution < 1.29 is 4.74 Å². The molecule has 0 saturated heterocycles. The van der Waals surface area contributed by atoms with Crippen LogP contribution in [0.25, 0.3) is 0 Å². The quantitative estimate of drug-likeness (QED) is 0.807. The number of hydrogen-bond donors (Lipinski definition) is 0. The van der Waals surface area contributed by atoms with Gasteiger partial charge in [-0.3, -0.25) is 0 Å². The zero-order chi connectivity index (χ0) is 13.3. The molecule has 2 rings (SSSR count). The Labute approximate surface area is 109 Å². The lowest BCUT2D eigenvalue weighted by Crippen LogP contribution is -2.29. The highest BCUT2D eigenvalue weighted by molar-refractivity contribution is 5.42. The van der Waals surface area contributed by atoms with Crippen LogP contribution in [-0.2, 0) is 7.05 Å². The molecule has 0 amide bonds. The first kappa shape index (κ1) is 12.9. The third-order valence-corrected chi connectivity index (χ3v) is 3.69. The van der Waals surface area contributed by atoms with Crippen molar-refractivity contribution in [3.63, 3.8) is 0 Å². The van der Waals surface area contributed by atoms with Gasteiger partial charge < -0.3 is 4.74 Å². The maximum absolute atomic E-state index is 9.16. The molecular formula is C14H21N3O. The fourth-order valence-electron chi connectivity index (χ4n) is 3.03. The highest BCUT2D eigenvalue weighted by Gasteiger charge is 2.27. The predicted molar refractivity (Wildman–Crippen MR) is 69.3 cm³/mol. The SMILES string of the molecule is Cc1nn(C)c(OC2CC(C)CC(C)C2)c1C#N. The molecule has 0 radical (unpaired) electrons. The van der Waals surface area contributed by atoms with Crippen molar-refractivity contribution in [3.8, 4) is 11.9 Å². The minimum Gasteiger partial charge on any atom is -0.474 e. The summed E-state index contributed by atoms with van der Waals surface area (Å²) in [7, 11) is 1.83. The average molecular weight is 247 g/mol. The standard InChI is InChI=1S/C14H21N3O/c1-9-5-10(2)7-12(6-9)18-14-13(8-15)11(3)16-17(14)4/h9-10,12H,5-7H2,1-4H3. The van der Waals surface area contributed by atoms with E-state index in [1.165, 1.54) is 6.42 Å². The summed E-state index contributed by atoms with van der Waals surface area (Å²) in [5, 5.41) is 13.4. The van der Waals surface area contributed by atoms with Crippen molar-refractivity contribution in [2.24, 2.45) is 18.9 Å². The van der Waals surface area contributed by atoms with Gasteiger partial charge in [-0.1, -0.05) is 13.8 Å².